The number of thioether (sulfide) groups is 1. The van der Waals surface area contributed by atoms with Crippen LogP contribution in [0, 0.1) is 11.6 Å². The Labute approximate surface area is 190 Å². The molecule has 0 aromatic heterocycles. The molecule has 32 heavy (non-hydrogen) atoms. The van der Waals surface area contributed by atoms with Gasteiger partial charge in [0.1, 0.15) is 11.6 Å². The fourth-order valence-corrected chi connectivity index (χ4v) is 4.11. The van der Waals surface area contributed by atoms with E-state index in [1.54, 1.807) is 60.2 Å². The van der Waals surface area contributed by atoms with Gasteiger partial charge in [0.2, 0.25) is 5.91 Å². The molecule has 7 heteroatoms. The van der Waals surface area contributed by atoms with Gasteiger partial charge in [-0.3, -0.25) is 9.59 Å². The molecule has 0 aliphatic carbocycles. The highest BCUT2D eigenvalue weighted by Gasteiger charge is 2.28. The van der Waals surface area contributed by atoms with E-state index in [-0.39, 0.29) is 36.4 Å². The fraction of sp³-hybridized carbons (Fsp3) is 0.280. The summed E-state index contributed by atoms with van der Waals surface area (Å²) in [6.07, 6.45) is 3.73. The molecule has 3 rings (SSSR count). The topological polar surface area (TPSA) is 46.6 Å². The third-order valence-corrected chi connectivity index (χ3v) is 5.92. The summed E-state index contributed by atoms with van der Waals surface area (Å²) in [5.74, 6) is 0.548. The van der Waals surface area contributed by atoms with Crippen LogP contribution in [0.15, 0.2) is 59.7 Å². The molecule has 1 amide bonds. The smallest absolute Gasteiger partial charge is 0.224 e. The Morgan fingerprint density at radius 2 is 1.44 bits per heavy atom. The number of hydrogen-bond donors (Lipinski definition) is 0. The van der Waals surface area contributed by atoms with Crippen LogP contribution in [0.5, 0.6) is 0 Å². The predicted octanol–water partition coefficient (Wildman–Crippen LogP) is 4.61. The quantitative estimate of drug-likeness (QED) is 0.429. The van der Waals surface area contributed by atoms with E-state index in [9.17, 15) is 18.4 Å². The molecule has 1 heterocycles. The SMILES string of the molecule is COCCSCCC(=O)N1C/C(=C\c2ccc(F)cc2)C(=O)/C(=C/c2ccc(F)cc2)C1. The van der Waals surface area contributed by atoms with Gasteiger partial charge < -0.3 is 9.64 Å². The summed E-state index contributed by atoms with van der Waals surface area (Å²) in [7, 11) is 1.64. The molecule has 0 bridgehead atoms. The number of methoxy groups -OCH3 is 1. The molecular weight excluding hydrogens is 432 g/mol. The molecule has 0 N–H and O–H groups in total. The Morgan fingerprint density at radius 1 is 0.938 bits per heavy atom. The molecule has 0 spiro atoms. The second kappa shape index (κ2) is 11.7. The van der Waals surface area contributed by atoms with Crippen molar-refractivity contribution in [2.24, 2.45) is 0 Å². The fourth-order valence-electron chi connectivity index (χ4n) is 3.30. The number of nitrogens with zero attached hydrogens (tertiary/aromatic N) is 1. The number of amides is 1. The van der Waals surface area contributed by atoms with E-state index < -0.39 is 0 Å². The van der Waals surface area contributed by atoms with Crippen molar-refractivity contribution in [1.29, 1.82) is 0 Å². The van der Waals surface area contributed by atoms with Crippen LogP contribution in [0.4, 0.5) is 8.78 Å². The molecule has 1 aliphatic heterocycles. The Morgan fingerprint density at radius 3 is 1.91 bits per heavy atom. The van der Waals surface area contributed by atoms with E-state index in [0.29, 0.717) is 41.1 Å². The largest absolute Gasteiger partial charge is 0.384 e. The van der Waals surface area contributed by atoms with Crippen LogP contribution < -0.4 is 0 Å². The number of carbonyl (C=O) groups is 2. The van der Waals surface area contributed by atoms with Crippen molar-refractivity contribution in [3.05, 3.63) is 82.4 Å². The van der Waals surface area contributed by atoms with Gasteiger partial charge >= 0.3 is 0 Å². The second-order valence-electron chi connectivity index (χ2n) is 7.38. The molecule has 0 saturated carbocycles. The molecule has 2 aromatic rings. The van der Waals surface area contributed by atoms with Crippen molar-refractivity contribution in [2.45, 2.75) is 6.42 Å². The maximum atomic E-state index is 13.3. The Kier molecular flexibility index (Phi) is 8.76. The van der Waals surface area contributed by atoms with Crippen molar-refractivity contribution in [2.75, 3.05) is 38.3 Å². The van der Waals surface area contributed by atoms with Gasteiger partial charge in [-0.1, -0.05) is 24.3 Å². The zero-order valence-corrected chi connectivity index (χ0v) is 18.7. The molecule has 1 saturated heterocycles. The summed E-state index contributed by atoms with van der Waals surface area (Å²) in [6.45, 7) is 1.02. The zero-order chi connectivity index (χ0) is 22.9. The number of Topliss-reactive ketones (excluding diaryl/α,β-unsaturated/α-hetero) is 1. The molecule has 4 nitrogen and oxygen atoms in total. The first-order chi connectivity index (χ1) is 15.5. The summed E-state index contributed by atoms with van der Waals surface area (Å²) in [6, 6.07) is 11.7. The monoisotopic (exact) mass is 457 g/mol. The molecule has 1 aliphatic rings. The van der Waals surface area contributed by atoms with Gasteiger partial charge in [0, 0.05) is 49.3 Å². The van der Waals surface area contributed by atoms with Crippen molar-refractivity contribution in [3.63, 3.8) is 0 Å². The first kappa shape index (κ1) is 23.9. The lowest BCUT2D eigenvalue weighted by Gasteiger charge is -2.30. The van der Waals surface area contributed by atoms with E-state index in [1.807, 2.05) is 0 Å². The van der Waals surface area contributed by atoms with Crippen LogP contribution in [0.2, 0.25) is 0 Å². The number of benzene rings is 2. The minimum Gasteiger partial charge on any atom is -0.384 e. The summed E-state index contributed by atoms with van der Waals surface area (Å²) >= 11 is 1.64. The number of likely N-dealkylation sites (tertiary alicyclic amines) is 1. The average molecular weight is 458 g/mol. The normalized spacial score (nSPS) is 16.7. The summed E-state index contributed by atoms with van der Waals surface area (Å²) < 4.78 is 31.5. The van der Waals surface area contributed by atoms with E-state index in [1.165, 1.54) is 24.3 Å². The van der Waals surface area contributed by atoms with Gasteiger partial charge in [0.15, 0.2) is 5.78 Å². The van der Waals surface area contributed by atoms with Crippen molar-refractivity contribution >= 4 is 35.6 Å². The lowest BCUT2D eigenvalue weighted by atomic mass is 9.94. The number of ketones is 1. The average Bonchev–Trinajstić information content (AvgIpc) is 2.79. The molecule has 0 atom stereocenters. The number of carbonyl (C=O) groups excluding carboxylic acids is 2. The molecule has 0 radical (unpaired) electrons. The van der Waals surface area contributed by atoms with Crippen LogP contribution in [-0.2, 0) is 14.3 Å². The zero-order valence-electron chi connectivity index (χ0n) is 17.9. The molecule has 2 aromatic carbocycles. The first-order valence-electron chi connectivity index (χ1n) is 10.3. The highest BCUT2D eigenvalue weighted by Crippen LogP contribution is 2.23. The van der Waals surface area contributed by atoms with E-state index >= 15 is 0 Å². The van der Waals surface area contributed by atoms with Crippen LogP contribution >= 0.6 is 11.8 Å². The van der Waals surface area contributed by atoms with E-state index in [2.05, 4.69) is 0 Å². The molecule has 0 unspecified atom stereocenters. The predicted molar refractivity (Wildman–Crippen MR) is 124 cm³/mol. The lowest BCUT2D eigenvalue weighted by molar-refractivity contribution is -0.130. The number of piperidine rings is 1. The highest BCUT2D eigenvalue weighted by atomic mass is 32.2. The maximum Gasteiger partial charge on any atom is 0.224 e. The highest BCUT2D eigenvalue weighted by molar-refractivity contribution is 7.99. The third kappa shape index (κ3) is 6.87. The Hall–Kier alpha value is -2.77. The standard InChI is InChI=1S/C25H25F2NO3S/c1-31-11-13-32-12-10-24(29)28-16-20(14-18-2-6-22(26)7-3-18)25(30)21(17-28)15-19-4-8-23(27)9-5-19/h2-9,14-15H,10-13,16-17H2,1H3/b20-14+,21-15+. The van der Waals surface area contributed by atoms with Gasteiger partial charge in [-0.2, -0.15) is 11.8 Å². The first-order valence-corrected chi connectivity index (χ1v) is 11.4. The van der Waals surface area contributed by atoms with E-state index in [4.69, 9.17) is 4.74 Å². The van der Waals surface area contributed by atoms with E-state index in [0.717, 1.165) is 5.75 Å². The van der Waals surface area contributed by atoms with Gasteiger partial charge in [-0.25, -0.2) is 8.78 Å². The van der Waals surface area contributed by atoms with Crippen molar-refractivity contribution < 1.29 is 23.1 Å². The molecule has 1 fully saturated rings. The summed E-state index contributed by atoms with van der Waals surface area (Å²) in [5, 5.41) is 0. The minimum absolute atomic E-state index is 0.0440. The number of hydrogen-bond acceptors (Lipinski definition) is 4. The number of ether oxygens (including phenoxy) is 1. The lowest BCUT2D eigenvalue weighted by Crippen LogP contribution is -2.41. The van der Waals surface area contributed by atoms with Gasteiger partial charge in [0.25, 0.3) is 0 Å². The van der Waals surface area contributed by atoms with Crippen LogP contribution in [0.25, 0.3) is 12.2 Å². The number of halogens is 2. The van der Waals surface area contributed by atoms with Crippen LogP contribution in [0.3, 0.4) is 0 Å². The summed E-state index contributed by atoms with van der Waals surface area (Å²) in [4.78, 5) is 27.6. The molecule has 168 valence electrons. The van der Waals surface area contributed by atoms with Gasteiger partial charge in [-0.15, -0.1) is 0 Å². The molecular formula is C25H25F2NO3S. The number of rotatable bonds is 8. The van der Waals surface area contributed by atoms with Gasteiger partial charge in [0.05, 0.1) is 6.61 Å². The van der Waals surface area contributed by atoms with Gasteiger partial charge in [-0.05, 0) is 47.5 Å². The maximum absolute atomic E-state index is 13.3. The van der Waals surface area contributed by atoms with Crippen LogP contribution in [0.1, 0.15) is 17.5 Å². The van der Waals surface area contributed by atoms with Crippen molar-refractivity contribution in [1.82, 2.24) is 4.90 Å². The summed E-state index contributed by atoms with van der Waals surface area (Å²) in [5.41, 5.74) is 2.27. The minimum atomic E-state index is -0.359. The second-order valence-corrected chi connectivity index (χ2v) is 8.60. The third-order valence-electron chi connectivity index (χ3n) is 4.97. The van der Waals surface area contributed by atoms with Crippen LogP contribution in [-0.4, -0.2) is 54.9 Å². The Bertz CT molecular complexity index is 933. The van der Waals surface area contributed by atoms with Crippen molar-refractivity contribution in [3.8, 4) is 0 Å². The Balaban J connectivity index is 1.82.